The van der Waals surface area contributed by atoms with Crippen LogP contribution in [0.25, 0.3) is 0 Å². The molecule has 0 spiro atoms. The molecule has 2 aliphatic heterocycles. The van der Waals surface area contributed by atoms with Crippen molar-refractivity contribution < 1.29 is 9.84 Å². The highest BCUT2D eigenvalue weighted by Gasteiger charge is 2.41. The number of nitrogens with zero attached hydrogens (tertiary/aromatic N) is 1. The average Bonchev–Trinajstić information content (AvgIpc) is 3.20. The maximum Gasteiger partial charge on any atom is 0.191 e. The van der Waals surface area contributed by atoms with Gasteiger partial charge in [-0.3, -0.25) is 4.99 Å². The molecule has 5 nitrogen and oxygen atoms in total. The van der Waals surface area contributed by atoms with Crippen LogP contribution < -0.4 is 10.6 Å². The first-order valence-corrected chi connectivity index (χ1v) is 8.48. The first kappa shape index (κ1) is 18.3. The summed E-state index contributed by atoms with van der Waals surface area (Å²) in [5, 5.41) is 16.4. The lowest BCUT2D eigenvalue weighted by atomic mass is 9.83. The van der Waals surface area contributed by atoms with Crippen LogP contribution in [0.2, 0.25) is 0 Å². The van der Waals surface area contributed by atoms with Crippen molar-refractivity contribution in [2.75, 3.05) is 20.2 Å². The van der Waals surface area contributed by atoms with Gasteiger partial charge in [-0.15, -0.1) is 24.0 Å². The number of nitrogens with one attached hydrogen (secondary N) is 2. The number of halogens is 1. The predicted molar refractivity (Wildman–Crippen MR) is 98.8 cm³/mol. The molecular weight excluding hydrogens is 393 g/mol. The smallest absolute Gasteiger partial charge is 0.191 e. The number of aliphatic imine (C=N–C) groups is 1. The lowest BCUT2D eigenvalue weighted by Gasteiger charge is -2.30. The molecule has 0 aromatic rings. The summed E-state index contributed by atoms with van der Waals surface area (Å²) in [5.41, 5.74) is 0.261. The fourth-order valence-electron chi connectivity index (χ4n) is 4.31. The van der Waals surface area contributed by atoms with E-state index in [4.69, 9.17) is 4.74 Å². The highest BCUT2D eigenvalue weighted by molar-refractivity contribution is 14.0. The van der Waals surface area contributed by atoms with Gasteiger partial charge < -0.3 is 20.5 Å². The monoisotopic (exact) mass is 423 g/mol. The first-order chi connectivity index (χ1) is 10.2. The standard InChI is InChI=1S/C16H29N3O2.HI/c1-17-15(19-13-10-12-4-5-14(13)21-12)18-11-16(8-9-20)6-2-3-7-16;/h12-14,20H,2-11H2,1H3,(H2,17,18,19);1H. The van der Waals surface area contributed by atoms with Crippen LogP contribution in [0.3, 0.4) is 0 Å². The number of fused-ring (bicyclic) bond motifs is 2. The van der Waals surface area contributed by atoms with E-state index in [0.29, 0.717) is 18.2 Å². The summed E-state index contributed by atoms with van der Waals surface area (Å²) < 4.78 is 5.89. The maximum atomic E-state index is 9.33. The lowest BCUT2D eigenvalue weighted by Crippen LogP contribution is -2.49. The number of rotatable bonds is 5. The Morgan fingerprint density at radius 3 is 2.64 bits per heavy atom. The Kier molecular flexibility index (Phi) is 6.76. The molecule has 2 saturated heterocycles. The second kappa shape index (κ2) is 8.15. The third-order valence-corrected chi connectivity index (χ3v) is 5.59. The van der Waals surface area contributed by atoms with Gasteiger partial charge >= 0.3 is 0 Å². The molecule has 0 aromatic carbocycles. The van der Waals surface area contributed by atoms with Crippen molar-refractivity contribution in [3.8, 4) is 0 Å². The number of aliphatic hydroxyl groups excluding tert-OH is 1. The van der Waals surface area contributed by atoms with Gasteiger partial charge in [0, 0.05) is 20.2 Å². The van der Waals surface area contributed by atoms with Crippen LogP contribution in [0.1, 0.15) is 51.4 Å². The fraction of sp³-hybridized carbons (Fsp3) is 0.938. The number of aliphatic hydroxyl groups is 1. The second-order valence-corrected chi connectivity index (χ2v) is 6.97. The van der Waals surface area contributed by atoms with Crippen LogP contribution in [0.5, 0.6) is 0 Å². The SMILES string of the molecule is CN=C(NCC1(CCO)CCCC1)NC1CC2CCC1O2.I. The van der Waals surface area contributed by atoms with E-state index in [-0.39, 0.29) is 36.0 Å². The summed E-state index contributed by atoms with van der Waals surface area (Å²) in [6.45, 7) is 1.20. The van der Waals surface area contributed by atoms with Gasteiger partial charge in [0.25, 0.3) is 0 Å². The average molecular weight is 423 g/mol. The minimum atomic E-state index is 0. The molecule has 3 unspecified atom stereocenters. The van der Waals surface area contributed by atoms with Crippen molar-refractivity contribution in [3.63, 3.8) is 0 Å². The zero-order chi connectivity index (χ0) is 14.7. The van der Waals surface area contributed by atoms with Crippen LogP contribution >= 0.6 is 24.0 Å². The van der Waals surface area contributed by atoms with Crippen molar-refractivity contribution in [2.45, 2.75) is 69.6 Å². The maximum absolute atomic E-state index is 9.33. The van der Waals surface area contributed by atoms with Crippen molar-refractivity contribution >= 4 is 29.9 Å². The molecule has 2 heterocycles. The summed E-state index contributed by atoms with van der Waals surface area (Å²) >= 11 is 0. The molecule has 3 atom stereocenters. The third-order valence-electron chi connectivity index (χ3n) is 5.59. The number of ether oxygens (including phenoxy) is 1. The molecule has 2 bridgehead atoms. The Morgan fingerprint density at radius 1 is 1.32 bits per heavy atom. The quantitative estimate of drug-likeness (QED) is 0.360. The second-order valence-electron chi connectivity index (χ2n) is 6.97. The summed E-state index contributed by atoms with van der Waals surface area (Å²) in [5.74, 6) is 0.889. The molecule has 3 rings (SSSR count). The molecule has 0 aromatic heterocycles. The van der Waals surface area contributed by atoms with E-state index in [1.165, 1.54) is 38.5 Å². The summed E-state index contributed by atoms with van der Waals surface area (Å²) in [4.78, 5) is 4.36. The van der Waals surface area contributed by atoms with Crippen molar-refractivity contribution in [2.24, 2.45) is 10.4 Å². The van der Waals surface area contributed by atoms with Crippen LogP contribution in [0.15, 0.2) is 4.99 Å². The van der Waals surface area contributed by atoms with Gasteiger partial charge in [0.2, 0.25) is 0 Å². The van der Waals surface area contributed by atoms with Crippen LogP contribution in [-0.2, 0) is 4.74 Å². The zero-order valence-corrected chi connectivity index (χ0v) is 15.8. The van der Waals surface area contributed by atoms with Gasteiger partial charge in [-0.25, -0.2) is 0 Å². The minimum absolute atomic E-state index is 0. The highest BCUT2D eigenvalue weighted by Crippen LogP contribution is 2.40. The molecular formula is C16H30IN3O2. The zero-order valence-electron chi connectivity index (χ0n) is 13.5. The molecule has 0 amide bonds. The minimum Gasteiger partial charge on any atom is -0.396 e. The van der Waals surface area contributed by atoms with E-state index in [1.807, 2.05) is 7.05 Å². The molecule has 3 fully saturated rings. The van der Waals surface area contributed by atoms with Crippen LogP contribution in [-0.4, -0.2) is 49.5 Å². The van der Waals surface area contributed by atoms with E-state index >= 15 is 0 Å². The molecule has 22 heavy (non-hydrogen) atoms. The Balaban J connectivity index is 0.00000176. The molecule has 3 aliphatic rings. The first-order valence-electron chi connectivity index (χ1n) is 8.48. The number of hydrogen-bond donors (Lipinski definition) is 3. The summed E-state index contributed by atoms with van der Waals surface area (Å²) in [7, 11) is 1.83. The van der Waals surface area contributed by atoms with Gasteiger partial charge in [0.15, 0.2) is 5.96 Å². The normalized spacial score (nSPS) is 32.8. The summed E-state index contributed by atoms with van der Waals surface area (Å²) in [6.07, 6.45) is 10.2. The molecule has 1 aliphatic carbocycles. The molecule has 3 N–H and O–H groups in total. The molecule has 128 valence electrons. The molecule has 1 saturated carbocycles. The number of guanidine groups is 1. The van der Waals surface area contributed by atoms with Gasteiger partial charge in [-0.1, -0.05) is 12.8 Å². The fourth-order valence-corrected chi connectivity index (χ4v) is 4.31. The predicted octanol–water partition coefficient (Wildman–Crippen LogP) is 2.03. The van der Waals surface area contributed by atoms with Crippen molar-refractivity contribution in [3.05, 3.63) is 0 Å². The highest BCUT2D eigenvalue weighted by atomic mass is 127. The van der Waals surface area contributed by atoms with E-state index in [9.17, 15) is 5.11 Å². The van der Waals surface area contributed by atoms with Gasteiger partial charge in [-0.05, 0) is 43.9 Å². The molecule has 0 radical (unpaired) electrons. The third kappa shape index (κ3) is 4.06. The number of hydrogen-bond acceptors (Lipinski definition) is 3. The Hall–Kier alpha value is -0.0800. The Labute approximate surface area is 150 Å². The van der Waals surface area contributed by atoms with Gasteiger partial charge in [0.05, 0.1) is 18.2 Å². The van der Waals surface area contributed by atoms with E-state index in [2.05, 4.69) is 15.6 Å². The lowest BCUT2D eigenvalue weighted by molar-refractivity contribution is 0.0992. The van der Waals surface area contributed by atoms with Gasteiger partial charge in [0.1, 0.15) is 0 Å². The van der Waals surface area contributed by atoms with E-state index in [0.717, 1.165) is 25.3 Å². The van der Waals surface area contributed by atoms with Crippen molar-refractivity contribution in [1.29, 1.82) is 0 Å². The topological polar surface area (TPSA) is 65.9 Å². The Morgan fingerprint density at radius 2 is 2.09 bits per heavy atom. The molecule has 6 heteroatoms. The van der Waals surface area contributed by atoms with Crippen molar-refractivity contribution in [1.82, 2.24) is 10.6 Å². The van der Waals surface area contributed by atoms with Crippen LogP contribution in [0.4, 0.5) is 0 Å². The van der Waals surface area contributed by atoms with E-state index < -0.39 is 0 Å². The summed E-state index contributed by atoms with van der Waals surface area (Å²) in [6, 6.07) is 0.410. The van der Waals surface area contributed by atoms with Gasteiger partial charge in [-0.2, -0.15) is 0 Å². The largest absolute Gasteiger partial charge is 0.396 e. The van der Waals surface area contributed by atoms with Crippen LogP contribution in [0, 0.1) is 5.41 Å². The van der Waals surface area contributed by atoms with E-state index in [1.54, 1.807) is 0 Å². The Bertz CT molecular complexity index is 386.